The number of carbonyl (C=O) groups is 1. The average molecular weight is 335 g/mol. The van der Waals surface area contributed by atoms with Crippen molar-refractivity contribution in [3.63, 3.8) is 0 Å². The first-order chi connectivity index (χ1) is 7.95. The summed E-state index contributed by atoms with van der Waals surface area (Å²) in [5.74, 6) is -0.362. The van der Waals surface area contributed by atoms with E-state index < -0.39 is 0 Å². The van der Waals surface area contributed by atoms with Crippen molar-refractivity contribution in [2.45, 2.75) is 19.9 Å². The zero-order valence-electron chi connectivity index (χ0n) is 9.77. The fraction of sp³-hybridized carbons (Fsp3) is 0.455. The van der Waals surface area contributed by atoms with Crippen molar-refractivity contribution in [1.82, 2.24) is 4.90 Å². The molecule has 0 saturated heterocycles. The monoisotopic (exact) mass is 334 g/mol. The minimum atomic E-state index is -0.350. The van der Waals surface area contributed by atoms with Crippen LogP contribution in [0.5, 0.6) is 0 Å². The lowest BCUT2D eigenvalue weighted by Gasteiger charge is -2.21. The number of carbonyl (C=O) groups excluding carboxylic acids is 1. The van der Waals surface area contributed by atoms with Crippen LogP contribution in [0.25, 0.3) is 0 Å². The van der Waals surface area contributed by atoms with Crippen LogP contribution in [0.15, 0.2) is 15.2 Å². The Bertz CT molecular complexity index is 419. The number of rotatable bonds is 5. The van der Waals surface area contributed by atoms with Gasteiger partial charge in [-0.25, -0.2) is 0 Å². The molecule has 94 valence electrons. The molecule has 1 rings (SSSR count). The number of nitrogens with zero attached hydrogens (tertiary/aromatic N) is 1. The van der Waals surface area contributed by atoms with Crippen LogP contribution in [0.2, 0.25) is 0 Å². The SMILES string of the molecule is CCC(C(=O)N(C)Cc1csc(Br)c1)C(N)=S. The second-order valence-corrected chi connectivity index (χ2v) is 6.58. The van der Waals surface area contributed by atoms with Crippen molar-refractivity contribution in [3.8, 4) is 0 Å². The van der Waals surface area contributed by atoms with E-state index in [4.69, 9.17) is 18.0 Å². The first-order valence-electron chi connectivity index (χ1n) is 5.23. The molecule has 1 unspecified atom stereocenters. The zero-order valence-corrected chi connectivity index (χ0v) is 13.0. The molecule has 0 aromatic carbocycles. The highest BCUT2D eigenvalue weighted by Gasteiger charge is 2.22. The third-order valence-corrected chi connectivity index (χ3v) is 4.31. The van der Waals surface area contributed by atoms with Crippen LogP contribution < -0.4 is 5.73 Å². The van der Waals surface area contributed by atoms with Gasteiger partial charge in [0.2, 0.25) is 5.91 Å². The summed E-state index contributed by atoms with van der Waals surface area (Å²) < 4.78 is 1.06. The van der Waals surface area contributed by atoms with Crippen molar-refractivity contribution < 1.29 is 4.79 Å². The van der Waals surface area contributed by atoms with Crippen molar-refractivity contribution >= 4 is 50.4 Å². The van der Waals surface area contributed by atoms with E-state index in [9.17, 15) is 4.79 Å². The predicted octanol–water partition coefficient (Wildman–Crippen LogP) is 2.78. The van der Waals surface area contributed by atoms with Gasteiger partial charge in [-0.2, -0.15) is 0 Å². The van der Waals surface area contributed by atoms with Gasteiger partial charge in [0.1, 0.15) is 0 Å². The summed E-state index contributed by atoms with van der Waals surface area (Å²) in [6, 6.07) is 2.01. The third-order valence-electron chi connectivity index (χ3n) is 2.47. The number of nitrogens with two attached hydrogens (primary N) is 1. The van der Waals surface area contributed by atoms with Gasteiger partial charge in [0.15, 0.2) is 0 Å². The molecule has 0 bridgehead atoms. The van der Waals surface area contributed by atoms with Gasteiger partial charge in [-0.1, -0.05) is 19.1 Å². The number of hydrogen-bond donors (Lipinski definition) is 1. The molecule has 0 aliphatic carbocycles. The summed E-state index contributed by atoms with van der Waals surface area (Å²) in [6.45, 7) is 2.50. The highest BCUT2D eigenvalue weighted by molar-refractivity contribution is 9.11. The molecule has 0 radical (unpaired) electrons. The third kappa shape index (κ3) is 4.04. The molecule has 0 fully saturated rings. The lowest BCUT2D eigenvalue weighted by atomic mass is 10.1. The topological polar surface area (TPSA) is 46.3 Å². The molecule has 1 amide bonds. The largest absolute Gasteiger partial charge is 0.393 e. The van der Waals surface area contributed by atoms with Gasteiger partial charge in [0.25, 0.3) is 0 Å². The fourth-order valence-corrected chi connectivity index (χ4v) is 3.01. The molecule has 1 aromatic rings. The second kappa shape index (κ2) is 6.47. The van der Waals surface area contributed by atoms with Crippen molar-refractivity contribution in [2.75, 3.05) is 7.05 Å². The van der Waals surface area contributed by atoms with E-state index in [0.29, 0.717) is 13.0 Å². The minimum absolute atomic E-state index is 0.0117. The Morgan fingerprint density at radius 3 is 2.76 bits per heavy atom. The smallest absolute Gasteiger partial charge is 0.232 e. The molecule has 0 saturated carbocycles. The Morgan fingerprint density at radius 1 is 1.71 bits per heavy atom. The quantitative estimate of drug-likeness (QED) is 0.842. The molecular weight excluding hydrogens is 320 g/mol. The van der Waals surface area contributed by atoms with Crippen LogP contribution in [-0.4, -0.2) is 22.8 Å². The predicted molar refractivity (Wildman–Crippen MR) is 79.1 cm³/mol. The normalized spacial score (nSPS) is 12.2. The van der Waals surface area contributed by atoms with Gasteiger partial charge in [-0.05, 0) is 39.4 Å². The molecule has 0 spiro atoms. The van der Waals surface area contributed by atoms with Gasteiger partial charge >= 0.3 is 0 Å². The lowest BCUT2D eigenvalue weighted by Crippen LogP contribution is -2.38. The van der Waals surface area contributed by atoms with E-state index in [1.165, 1.54) is 0 Å². The summed E-state index contributed by atoms with van der Waals surface area (Å²) in [6.07, 6.45) is 0.645. The number of halogens is 1. The number of thiocarbonyl (C=S) groups is 1. The molecule has 6 heteroatoms. The van der Waals surface area contributed by atoms with Gasteiger partial charge < -0.3 is 10.6 Å². The van der Waals surface area contributed by atoms with Crippen LogP contribution >= 0.6 is 39.5 Å². The van der Waals surface area contributed by atoms with Crippen LogP contribution in [0.4, 0.5) is 0 Å². The second-order valence-electron chi connectivity index (χ2n) is 3.82. The molecule has 2 N–H and O–H groups in total. The molecule has 0 aliphatic heterocycles. The van der Waals surface area contributed by atoms with Crippen LogP contribution in [0.3, 0.4) is 0 Å². The Labute approximate surface area is 119 Å². The van der Waals surface area contributed by atoms with E-state index >= 15 is 0 Å². The molecule has 1 atom stereocenters. The Morgan fingerprint density at radius 2 is 2.35 bits per heavy atom. The van der Waals surface area contributed by atoms with Crippen molar-refractivity contribution in [1.29, 1.82) is 0 Å². The van der Waals surface area contributed by atoms with Crippen molar-refractivity contribution in [2.24, 2.45) is 11.7 Å². The summed E-state index contributed by atoms with van der Waals surface area (Å²) in [5.41, 5.74) is 6.67. The van der Waals surface area contributed by atoms with Crippen LogP contribution in [0.1, 0.15) is 18.9 Å². The molecule has 0 aliphatic rings. The molecule has 3 nitrogen and oxygen atoms in total. The van der Waals surface area contributed by atoms with Crippen LogP contribution in [0, 0.1) is 5.92 Å². The van der Waals surface area contributed by atoms with Gasteiger partial charge in [-0.3, -0.25) is 4.79 Å². The summed E-state index contributed by atoms with van der Waals surface area (Å²) >= 11 is 9.91. The maximum atomic E-state index is 12.1. The highest BCUT2D eigenvalue weighted by Crippen LogP contribution is 2.22. The maximum absolute atomic E-state index is 12.1. The molecule has 1 aromatic heterocycles. The minimum Gasteiger partial charge on any atom is -0.393 e. The summed E-state index contributed by atoms with van der Waals surface area (Å²) in [7, 11) is 1.77. The number of hydrogen-bond acceptors (Lipinski definition) is 3. The number of thiophene rings is 1. The Balaban J connectivity index is 2.66. The van der Waals surface area contributed by atoms with Gasteiger partial charge in [0.05, 0.1) is 14.7 Å². The molecule has 1 heterocycles. The van der Waals surface area contributed by atoms with Crippen molar-refractivity contribution in [3.05, 3.63) is 20.8 Å². The van der Waals surface area contributed by atoms with E-state index in [-0.39, 0.29) is 16.8 Å². The first kappa shape index (κ1) is 14.6. The lowest BCUT2D eigenvalue weighted by molar-refractivity contribution is -0.132. The van der Waals surface area contributed by atoms with E-state index in [1.807, 2.05) is 18.4 Å². The fourth-order valence-electron chi connectivity index (χ4n) is 1.54. The van der Waals surface area contributed by atoms with Gasteiger partial charge in [-0.15, -0.1) is 11.3 Å². The highest BCUT2D eigenvalue weighted by atomic mass is 79.9. The molecule has 17 heavy (non-hydrogen) atoms. The maximum Gasteiger partial charge on any atom is 0.232 e. The summed E-state index contributed by atoms with van der Waals surface area (Å²) in [4.78, 5) is 14.0. The average Bonchev–Trinajstić information content (AvgIpc) is 2.64. The zero-order chi connectivity index (χ0) is 13.0. The standard InChI is InChI=1S/C11H15BrN2OS2/c1-3-8(10(13)16)11(15)14(2)5-7-4-9(12)17-6-7/h4,6,8H,3,5H2,1-2H3,(H2,13,16). The Hall–Kier alpha value is -0.460. The van der Waals surface area contributed by atoms with E-state index in [2.05, 4.69) is 15.9 Å². The first-order valence-corrected chi connectivity index (χ1v) is 7.31. The van der Waals surface area contributed by atoms with Gasteiger partial charge in [0, 0.05) is 13.6 Å². The van der Waals surface area contributed by atoms with E-state index in [0.717, 1.165) is 9.35 Å². The van der Waals surface area contributed by atoms with Crippen LogP contribution in [-0.2, 0) is 11.3 Å². The number of amides is 1. The van der Waals surface area contributed by atoms with E-state index in [1.54, 1.807) is 23.3 Å². The Kier molecular flexibility index (Phi) is 5.55. The summed E-state index contributed by atoms with van der Waals surface area (Å²) in [5, 5.41) is 2.02. The molecular formula is C11H15BrN2OS2.